The first-order valence-corrected chi connectivity index (χ1v) is 14.5. The van der Waals surface area contributed by atoms with Crippen LogP contribution in [0.15, 0.2) is 60.8 Å². The van der Waals surface area contributed by atoms with E-state index in [0.717, 1.165) is 11.3 Å². The van der Waals surface area contributed by atoms with Gasteiger partial charge in [-0.1, -0.05) is 19.9 Å². The number of fused-ring (bicyclic) bond motifs is 1. The molecule has 0 atom stereocenters. The number of methoxy groups -OCH3 is 2. The van der Waals surface area contributed by atoms with Crippen LogP contribution in [-0.4, -0.2) is 47.6 Å². The highest BCUT2D eigenvalue weighted by Gasteiger charge is 2.33. The van der Waals surface area contributed by atoms with Crippen molar-refractivity contribution < 1.29 is 23.0 Å². The van der Waals surface area contributed by atoms with Crippen molar-refractivity contribution in [2.75, 3.05) is 31.5 Å². The topological polar surface area (TPSA) is 79.8 Å². The third-order valence-electron chi connectivity index (χ3n) is 7.41. The number of nitrogens with zero attached hydrogens (tertiary/aromatic N) is 4. The maximum absolute atomic E-state index is 14.8. The lowest BCUT2D eigenvalue weighted by atomic mass is 10.1. The van der Waals surface area contributed by atoms with Crippen LogP contribution in [-0.2, 0) is 13.1 Å². The molecule has 5 rings (SSSR count). The van der Waals surface area contributed by atoms with Crippen LogP contribution in [0, 0.1) is 11.6 Å². The van der Waals surface area contributed by atoms with E-state index in [1.807, 2.05) is 33.0 Å². The zero-order valence-corrected chi connectivity index (χ0v) is 26.5. The summed E-state index contributed by atoms with van der Waals surface area (Å²) in [4.78, 5) is 26.6. The Hall–Kier alpha value is -4.73. The van der Waals surface area contributed by atoms with E-state index < -0.39 is 11.6 Å². The number of ether oxygens (including phenoxy) is 2. The summed E-state index contributed by atoms with van der Waals surface area (Å²) in [6, 6.07) is 14.2. The van der Waals surface area contributed by atoms with Gasteiger partial charge in [-0.15, -0.1) is 0 Å². The third-order valence-corrected chi connectivity index (χ3v) is 7.41. The van der Waals surface area contributed by atoms with Crippen LogP contribution in [0.4, 0.5) is 26.0 Å². The van der Waals surface area contributed by atoms with Gasteiger partial charge in [0.05, 0.1) is 67.4 Å². The molecule has 0 saturated heterocycles. The number of anilines is 3. The predicted octanol–water partition coefficient (Wildman–Crippen LogP) is 7.60. The standard InChI is InChI=1S/C32H33F2N5O3.C2H6/c1-32(2,3)38(4)20-11-13-28(35-16-20)37-25-15-24(29-22(33)8-7-9-23(29)34)36-26-18-39(31(40)30(25)26)17-19-10-12-21(41-5)14-27(19)42-6;1-2/h7-16H,17-18H2,1-6H3,(H,35,36,37);1-2H3. The van der Waals surface area contributed by atoms with Crippen molar-refractivity contribution in [3.63, 3.8) is 0 Å². The second-order valence-corrected chi connectivity index (χ2v) is 11.1. The van der Waals surface area contributed by atoms with Gasteiger partial charge in [-0.2, -0.15) is 0 Å². The Bertz CT molecular complexity index is 1620. The molecule has 0 unspecified atom stereocenters. The number of hydrogen-bond acceptors (Lipinski definition) is 7. The van der Waals surface area contributed by atoms with Crippen molar-refractivity contribution >= 4 is 23.1 Å². The van der Waals surface area contributed by atoms with Crippen LogP contribution in [0.25, 0.3) is 11.3 Å². The molecule has 0 saturated carbocycles. The SMILES string of the molecule is CC.COc1ccc(CN2Cc3nc(-c4c(F)cccc4F)cc(Nc4ccc(N(C)C(C)(C)C)cn4)c3C2=O)c(OC)c1. The predicted molar refractivity (Wildman–Crippen MR) is 170 cm³/mol. The van der Waals surface area contributed by atoms with E-state index in [9.17, 15) is 13.6 Å². The van der Waals surface area contributed by atoms with Gasteiger partial charge in [0.2, 0.25) is 0 Å². The first-order chi connectivity index (χ1) is 21.0. The van der Waals surface area contributed by atoms with Gasteiger partial charge in [-0.05, 0) is 63.2 Å². The number of amides is 1. The molecule has 1 amide bonds. The van der Waals surface area contributed by atoms with Gasteiger partial charge in [0.1, 0.15) is 29.0 Å². The zero-order chi connectivity index (χ0) is 32.2. The second kappa shape index (κ2) is 13.3. The molecule has 2 aromatic heterocycles. The van der Waals surface area contributed by atoms with Crippen LogP contribution >= 0.6 is 0 Å². The van der Waals surface area contributed by atoms with Crippen LogP contribution < -0.4 is 19.7 Å². The van der Waals surface area contributed by atoms with Crippen molar-refractivity contribution in [1.82, 2.24) is 14.9 Å². The molecule has 1 aliphatic heterocycles. The molecule has 3 heterocycles. The van der Waals surface area contributed by atoms with Crippen LogP contribution in [0.5, 0.6) is 11.5 Å². The highest BCUT2D eigenvalue weighted by atomic mass is 19.1. The molecule has 8 nitrogen and oxygen atoms in total. The minimum absolute atomic E-state index is 0.0765. The fourth-order valence-electron chi connectivity index (χ4n) is 4.83. The summed E-state index contributed by atoms with van der Waals surface area (Å²) in [5.74, 6) is -0.0953. The molecule has 0 radical (unpaired) electrons. The van der Waals surface area contributed by atoms with Crippen molar-refractivity contribution in [2.24, 2.45) is 0 Å². The largest absolute Gasteiger partial charge is 0.497 e. The minimum Gasteiger partial charge on any atom is -0.497 e. The Labute approximate surface area is 257 Å². The lowest BCUT2D eigenvalue weighted by Crippen LogP contribution is -2.38. The average Bonchev–Trinajstić information content (AvgIpc) is 3.32. The maximum Gasteiger partial charge on any atom is 0.258 e. The Balaban J connectivity index is 0.00000216. The minimum atomic E-state index is -0.745. The van der Waals surface area contributed by atoms with Gasteiger partial charge < -0.3 is 24.6 Å². The first kappa shape index (κ1) is 32.2. The second-order valence-electron chi connectivity index (χ2n) is 11.1. The molecule has 232 valence electrons. The summed E-state index contributed by atoms with van der Waals surface area (Å²) < 4.78 is 40.5. The van der Waals surface area contributed by atoms with Crippen LogP contribution in [0.3, 0.4) is 0 Å². The lowest BCUT2D eigenvalue weighted by Gasteiger charge is -2.33. The molecule has 0 bridgehead atoms. The Morgan fingerprint density at radius 3 is 2.27 bits per heavy atom. The molecule has 10 heteroatoms. The summed E-state index contributed by atoms with van der Waals surface area (Å²) in [6.45, 7) is 10.7. The van der Waals surface area contributed by atoms with E-state index in [-0.39, 0.29) is 35.8 Å². The molecule has 4 aromatic rings. The van der Waals surface area contributed by atoms with Crippen molar-refractivity contribution in [3.05, 3.63) is 89.2 Å². The van der Waals surface area contributed by atoms with E-state index in [1.54, 1.807) is 43.5 Å². The van der Waals surface area contributed by atoms with Crippen molar-refractivity contribution in [3.8, 4) is 22.8 Å². The molecular formula is C34H39F2N5O3. The highest BCUT2D eigenvalue weighted by Crippen LogP contribution is 2.37. The van der Waals surface area contributed by atoms with Gasteiger partial charge in [0, 0.05) is 24.2 Å². The molecule has 0 spiro atoms. The fourth-order valence-corrected chi connectivity index (χ4v) is 4.83. The molecule has 1 N–H and O–H groups in total. The smallest absolute Gasteiger partial charge is 0.258 e. The summed E-state index contributed by atoms with van der Waals surface area (Å²) in [5.41, 5.74) is 2.47. The Kier molecular flexibility index (Phi) is 9.71. The number of aromatic nitrogens is 2. The van der Waals surface area contributed by atoms with Gasteiger partial charge in [0.15, 0.2) is 0 Å². The number of halogens is 2. The van der Waals surface area contributed by atoms with E-state index in [4.69, 9.17) is 9.47 Å². The number of nitrogens with one attached hydrogen (secondary N) is 1. The van der Waals surface area contributed by atoms with Crippen LogP contribution in [0.1, 0.15) is 56.2 Å². The molecule has 2 aromatic carbocycles. The number of carbonyl (C=O) groups excluding carboxylic acids is 1. The van der Waals surface area contributed by atoms with E-state index in [1.165, 1.54) is 24.3 Å². The zero-order valence-electron chi connectivity index (χ0n) is 26.5. The highest BCUT2D eigenvalue weighted by molar-refractivity contribution is 6.04. The third kappa shape index (κ3) is 6.59. The summed E-state index contributed by atoms with van der Waals surface area (Å²) >= 11 is 0. The van der Waals surface area contributed by atoms with Gasteiger partial charge >= 0.3 is 0 Å². The lowest BCUT2D eigenvalue weighted by molar-refractivity contribution is 0.0766. The number of carbonyl (C=O) groups is 1. The molecule has 1 aliphatic rings. The van der Waals surface area contributed by atoms with E-state index in [2.05, 4.69) is 41.0 Å². The summed E-state index contributed by atoms with van der Waals surface area (Å²) in [5, 5.41) is 3.21. The molecule has 0 fully saturated rings. The summed E-state index contributed by atoms with van der Waals surface area (Å²) in [7, 11) is 5.10. The number of benzene rings is 2. The Morgan fingerprint density at radius 2 is 1.68 bits per heavy atom. The quantitative estimate of drug-likeness (QED) is 0.222. The van der Waals surface area contributed by atoms with E-state index in [0.29, 0.717) is 34.3 Å². The van der Waals surface area contributed by atoms with Gasteiger partial charge in [0.25, 0.3) is 5.91 Å². The molecule has 44 heavy (non-hydrogen) atoms. The molecule has 0 aliphatic carbocycles. The van der Waals surface area contributed by atoms with Gasteiger partial charge in [-0.25, -0.2) is 18.7 Å². The van der Waals surface area contributed by atoms with Crippen molar-refractivity contribution in [1.29, 1.82) is 0 Å². The fraction of sp³-hybridized carbons (Fsp3) is 0.324. The maximum atomic E-state index is 14.8. The van der Waals surface area contributed by atoms with Gasteiger partial charge in [-0.3, -0.25) is 4.79 Å². The number of rotatable bonds is 8. The number of hydrogen-bond donors (Lipinski definition) is 1. The number of pyridine rings is 2. The first-order valence-electron chi connectivity index (χ1n) is 14.5. The monoisotopic (exact) mass is 603 g/mol. The average molecular weight is 604 g/mol. The van der Waals surface area contributed by atoms with Crippen molar-refractivity contribution in [2.45, 2.75) is 53.2 Å². The normalized spacial score (nSPS) is 12.3. The summed E-state index contributed by atoms with van der Waals surface area (Å²) in [6.07, 6.45) is 1.73. The van der Waals surface area contributed by atoms with Crippen LogP contribution in [0.2, 0.25) is 0 Å². The molecular weight excluding hydrogens is 564 g/mol. The van der Waals surface area contributed by atoms with E-state index >= 15 is 0 Å². The Morgan fingerprint density at radius 1 is 0.977 bits per heavy atom.